The van der Waals surface area contributed by atoms with Gasteiger partial charge in [-0.05, 0) is 68.1 Å². The van der Waals surface area contributed by atoms with E-state index in [-0.39, 0.29) is 24.3 Å². The van der Waals surface area contributed by atoms with Crippen molar-refractivity contribution in [3.05, 3.63) is 59.2 Å². The van der Waals surface area contributed by atoms with Gasteiger partial charge in [-0.3, -0.25) is 14.4 Å². The van der Waals surface area contributed by atoms with Crippen molar-refractivity contribution in [1.29, 1.82) is 0 Å². The number of hydrogen-bond donors (Lipinski definition) is 2. The van der Waals surface area contributed by atoms with E-state index in [0.29, 0.717) is 5.56 Å². The SMILES string of the molecule is Cc1cccc(NC(=O)CNC(=O)C2CCN(c3ccc(C=O)cc3)CC2)c1C. The molecule has 0 atom stereocenters. The molecular weight excluding hydrogens is 366 g/mol. The molecule has 6 heteroatoms. The van der Waals surface area contributed by atoms with Crippen molar-refractivity contribution in [2.45, 2.75) is 26.7 Å². The first kappa shape index (κ1) is 20.6. The zero-order chi connectivity index (χ0) is 20.8. The van der Waals surface area contributed by atoms with E-state index in [9.17, 15) is 14.4 Å². The average Bonchev–Trinajstić information content (AvgIpc) is 2.75. The summed E-state index contributed by atoms with van der Waals surface area (Å²) in [5, 5.41) is 5.63. The molecule has 1 aliphatic heterocycles. The lowest BCUT2D eigenvalue weighted by molar-refractivity contribution is -0.127. The van der Waals surface area contributed by atoms with Crippen LogP contribution in [0.1, 0.15) is 34.3 Å². The molecule has 0 aliphatic carbocycles. The largest absolute Gasteiger partial charge is 0.371 e. The van der Waals surface area contributed by atoms with Gasteiger partial charge in [0, 0.05) is 35.9 Å². The van der Waals surface area contributed by atoms with Gasteiger partial charge in [0.05, 0.1) is 6.54 Å². The smallest absolute Gasteiger partial charge is 0.243 e. The first-order valence-electron chi connectivity index (χ1n) is 9.92. The Hall–Kier alpha value is -3.15. The second kappa shape index (κ2) is 9.37. The summed E-state index contributed by atoms with van der Waals surface area (Å²) >= 11 is 0. The summed E-state index contributed by atoms with van der Waals surface area (Å²) < 4.78 is 0. The Kier molecular flexibility index (Phi) is 6.65. The molecule has 29 heavy (non-hydrogen) atoms. The van der Waals surface area contributed by atoms with Gasteiger partial charge in [-0.15, -0.1) is 0 Å². The lowest BCUT2D eigenvalue weighted by atomic mass is 9.95. The van der Waals surface area contributed by atoms with E-state index < -0.39 is 0 Å². The molecule has 3 rings (SSSR count). The van der Waals surface area contributed by atoms with Gasteiger partial charge in [-0.25, -0.2) is 0 Å². The van der Waals surface area contributed by atoms with Gasteiger partial charge in [0.2, 0.25) is 11.8 Å². The fourth-order valence-electron chi connectivity index (χ4n) is 3.56. The number of aryl methyl sites for hydroxylation is 1. The molecule has 0 bridgehead atoms. The molecule has 152 valence electrons. The Morgan fingerprint density at radius 1 is 1.07 bits per heavy atom. The van der Waals surface area contributed by atoms with Crippen molar-refractivity contribution in [1.82, 2.24) is 5.32 Å². The molecule has 2 aromatic rings. The highest BCUT2D eigenvalue weighted by Gasteiger charge is 2.25. The molecule has 1 saturated heterocycles. The van der Waals surface area contributed by atoms with Gasteiger partial charge in [-0.1, -0.05) is 12.1 Å². The predicted molar refractivity (Wildman–Crippen MR) is 114 cm³/mol. The average molecular weight is 393 g/mol. The minimum atomic E-state index is -0.222. The molecular formula is C23H27N3O3. The molecule has 2 N–H and O–H groups in total. The zero-order valence-corrected chi connectivity index (χ0v) is 16.9. The molecule has 0 saturated carbocycles. The molecule has 1 fully saturated rings. The fraction of sp³-hybridized carbons (Fsp3) is 0.348. The highest BCUT2D eigenvalue weighted by molar-refractivity contribution is 5.95. The van der Waals surface area contributed by atoms with Gasteiger partial charge in [-0.2, -0.15) is 0 Å². The summed E-state index contributed by atoms with van der Waals surface area (Å²) in [7, 11) is 0. The lowest BCUT2D eigenvalue weighted by Gasteiger charge is -2.33. The monoisotopic (exact) mass is 393 g/mol. The van der Waals surface area contributed by atoms with Crippen LogP contribution in [0.15, 0.2) is 42.5 Å². The van der Waals surface area contributed by atoms with Crippen LogP contribution >= 0.6 is 0 Å². The quantitative estimate of drug-likeness (QED) is 0.740. The summed E-state index contributed by atoms with van der Waals surface area (Å²) in [6.45, 7) is 5.47. The summed E-state index contributed by atoms with van der Waals surface area (Å²) in [6.07, 6.45) is 2.30. The molecule has 1 heterocycles. The minimum absolute atomic E-state index is 0.0282. The zero-order valence-electron chi connectivity index (χ0n) is 16.9. The van der Waals surface area contributed by atoms with Crippen LogP contribution in [0.25, 0.3) is 0 Å². The Balaban J connectivity index is 1.45. The molecule has 2 aromatic carbocycles. The van der Waals surface area contributed by atoms with Gasteiger partial charge in [0.1, 0.15) is 6.29 Å². The minimum Gasteiger partial charge on any atom is -0.371 e. The lowest BCUT2D eigenvalue weighted by Crippen LogP contribution is -2.42. The number of nitrogens with one attached hydrogen (secondary N) is 2. The number of anilines is 2. The number of carbonyl (C=O) groups excluding carboxylic acids is 3. The van der Waals surface area contributed by atoms with Crippen molar-refractivity contribution < 1.29 is 14.4 Å². The number of carbonyl (C=O) groups is 3. The molecule has 2 amide bonds. The Morgan fingerprint density at radius 3 is 2.41 bits per heavy atom. The third kappa shape index (κ3) is 5.22. The van der Waals surface area contributed by atoms with Crippen molar-refractivity contribution >= 4 is 29.5 Å². The second-order valence-electron chi connectivity index (χ2n) is 7.48. The van der Waals surface area contributed by atoms with Crippen molar-refractivity contribution in [3.63, 3.8) is 0 Å². The summed E-state index contributed by atoms with van der Waals surface area (Å²) in [6, 6.07) is 13.2. The third-order valence-corrected chi connectivity index (χ3v) is 5.56. The van der Waals surface area contributed by atoms with E-state index in [2.05, 4.69) is 15.5 Å². The third-order valence-electron chi connectivity index (χ3n) is 5.56. The van der Waals surface area contributed by atoms with Gasteiger partial charge in [0.25, 0.3) is 0 Å². The van der Waals surface area contributed by atoms with E-state index >= 15 is 0 Å². The van der Waals surface area contributed by atoms with Gasteiger partial charge >= 0.3 is 0 Å². The molecule has 6 nitrogen and oxygen atoms in total. The van der Waals surface area contributed by atoms with Crippen LogP contribution in [0.4, 0.5) is 11.4 Å². The first-order valence-corrected chi connectivity index (χ1v) is 9.92. The van der Waals surface area contributed by atoms with E-state index in [1.807, 2.05) is 44.2 Å². The van der Waals surface area contributed by atoms with Crippen LogP contribution in [-0.4, -0.2) is 37.7 Å². The van der Waals surface area contributed by atoms with E-state index in [1.54, 1.807) is 12.1 Å². The van der Waals surface area contributed by atoms with Gasteiger partial charge in [0.15, 0.2) is 0 Å². The van der Waals surface area contributed by atoms with E-state index in [0.717, 1.165) is 54.7 Å². The number of hydrogen-bond acceptors (Lipinski definition) is 4. The maximum absolute atomic E-state index is 12.5. The highest BCUT2D eigenvalue weighted by Crippen LogP contribution is 2.23. The number of piperidine rings is 1. The summed E-state index contributed by atoms with van der Waals surface area (Å²) in [4.78, 5) is 37.6. The van der Waals surface area contributed by atoms with Crippen molar-refractivity contribution in [3.8, 4) is 0 Å². The number of amides is 2. The molecule has 0 aromatic heterocycles. The number of benzene rings is 2. The maximum atomic E-state index is 12.5. The standard InChI is InChI=1S/C23H27N3O3/c1-16-4-3-5-21(17(16)2)25-22(28)14-24-23(29)19-10-12-26(13-11-19)20-8-6-18(15-27)7-9-20/h3-9,15,19H,10-14H2,1-2H3,(H,24,29)(H,25,28). The van der Waals surface area contributed by atoms with Crippen LogP contribution in [-0.2, 0) is 9.59 Å². The highest BCUT2D eigenvalue weighted by atomic mass is 16.2. The Bertz CT molecular complexity index is 885. The maximum Gasteiger partial charge on any atom is 0.243 e. The fourth-order valence-corrected chi connectivity index (χ4v) is 3.56. The van der Waals surface area contributed by atoms with E-state index in [1.165, 1.54) is 0 Å². The first-order chi connectivity index (χ1) is 14.0. The molecule has 1 aliphatic rings. The van der Waals surface area contributed by atoms with Crippen LogP contribution in [0, 0.1) is 19.8 Å². The topological polar surface area (TPSA) is 78.5 Å². The van der Waals surface area contributed by atoms with Crippen molar-refractivity contribution in [2.24, 2.45) is 5.92 Å². The second-order valence-corrected chi connectivity index (χ2v) is 7.48. The van der Waals surface area contributed by atoms with Crippen LogP contribution in [0.3, 0.4) is 0 Å². The van der Waals surface area contributed by atoms with E-state index in [4.69, 9.17) is 0 Å². The predicted octanol–water partition coefficient (Wildman–Crippen LogP) is 3.09. The number of nitrogens with zero attached hydrogens (tertiary/aromatic N) is 1. The molecule has 0 unspecified atom stereocenters. The van der Waals surface area contributed by atoms with Crippen LogP contribution in [0.5, 0.6) is 0 Å². The Labute approximate surface area is 171 Å². The van der Waals surface area contributed by atoms with Crippen LogP contribution < -0.4 is 15.5 Å². The number of aldehydes is 1. The molecule has 0 radical (unpaired) electrons. The molecule has 0 spiro atoms. The summed E-state index contributed by atoms with van der Waals surface area (Å²) in [5.74, 6) is -0.383. The van der Waals surface area contributed by atoms with Crippen LogP contribution in [0.2, 0.25) is 0 Å². The van der Waals surface area contributed by atoms with Gasteiger partial charge < -0.3 is 15.5 Å². The van der Waals surface area contributed by atoms with Crippen molar-refractivity contribution in [2.75, 3.05) is 29.9 Å². The normalized spacial score (nSPS) is 14.3. The summed E-state index contributed by atoms with van der Waals surface area (Å²) in [5.41, 5.74) is 4.63. The Morgan fingerprint density at radius 2 is 1.76 bits per heavy atom. The number of rotatable bonds is 6.